The zero-order chi connectivity index (χ0) is 8.97. The van der Waals surface area contributed by atoms with Crippen LogP contribution in [0.1, 0.15) is 11.1 Å². The lowest BCUT2D eigenvalue weighted by atomic mass is 10.1. The monoisotopic (exact) mass is 242 g/mol. The van der Waals surface area contributed by atoms with Gasteiger partial charge in [0.2, 0.25) is 0 Å². The van der Waals surface area contributed by atoms with E-state index in [4.69, 9.17) is 11.6 Å². The topological polar surface area (TPSA) is 0 Å². The van der Waals surface area contributed by atoms with Crippen LogP contribution in [-0.2, 0) is 0 Å². The van der Waals surface area contributed by atoms with Gasteiger partial charge in [-0.25, -0.2) is 0 Å². The van der Waals surface area contributed by atoms with Crippen LogP contribution in [0.15, 0.2) is 18.2 Å². The largest absolute Gasteiger partial charge is 0.0863 e. The highest BCUT2D eigenvalue weighted by atomic mass is 79.9. The maximum absolute atomic E-state index is 5.85. The molecule has 0 atom stereocenters. The van der Waals surface area contributed by atoms with Gasteiger partial charge in [0.15, 0.2) is 0 Å². The van der Waals surface area contributed by atoms with Crippen LogP contribution in [0, 0.1) is 18.8 Å². The van der Waals surface area contributed by atoms with Crippen molar-refractivity contribution in [1.82, 2.24) is 0 Å². The quantitative estimate of drug-likeness (QED) is 0.484. The van der Waals surface area contributed by atoms with Crippen molar-refractivity contribution in [2.24, 2.45) is 0 Å². The van der Waals surface area contributed by atoms with Crippen molar-refractivity contribution in [3.63, 3.8) is 0 Å². The second-order valence-corrected chi connectivity index (χ2v) is 3.45. The van der Waals surface area contributed by atoms with Crippen molar-refractivity contribution < 1.29 is 0 Å². The summed E-state index contributed by atoms with van der Waals surface area (Å²) in [6.07, 6.45) is 0. The Labute approximate surface area is 86.1 Å². The lowest BCUT2D eigenvalue weighted by Gasteiger charge is -1.95. The normalized spacial score (nSPS) is 8.92. The second-order valence-electron chi connectivity index (χ2n) is 2.45. The second kappa shape index (κ2) is 4.54. The summed E-state index contributed by atoms with van der Waals surface area (Å²) < 4.78 is 0. The van der Waals surface area contributed by atoms with Gasteiger partial charge in [-0.15, -0.1) is 0 Å². The number of benzene rings is 1. The van der Waals surface area contributed by atoms with Crippen LogP contribution in [-0.4, -0.2) is 5.33 Å². The van der Waals surface area contributed by atoms with Gasteiger partial charge in [0, 0.05) is 10.6 Å². The van der Waals surface area contributed by atoms with Gasteiger partial charge in [0.05, 0.1) is 5.33 Å². The summed E-state index contributed by atoms with van der Waals surface area (Å²) in [6, 6.07) is 5.80. The molecule has 0 heterocycles. The van der Waals surface area contributed by atoms with E-state index in [0.717, 1.165) is 16.1 Å². The Hall–Kier alpha value is -0.450. The van der Waals surface area contributed by atoms with Crippen molar-refractivity contribution in [1.29, 1.82) is 0 Å². The Morgan fingerprint density at radius 3 is 2.75 bits per heavy atom. The van der Waals surface area contributed by atoms with E-state index in [-0.39, 0.29) is 0 Å². The Morgan fingerprint density at radius 1 is 1.42 bits per heavy atom. The van der Waals surface area contributed by atoms with Gasteiger partial charge in [-0.1, -0.05) is 39.4 Å². The van der Waals surface area contributed by atoms with E-state index >= 15 is 0 Å². The highest BCUT2D eigenvalue weighted by molar-refractivity contribution is 9.09. The van der Waals surface area contributed by atoms with E-state index < -0.39 is 0 Å². The molecule has 0 amide bonds. The van der Waals surface area contributed by atoms with Crippen LogP contribution in [0.3, 0.4) is 0 Å². The molecule has 0 bridgehead atoms. The van der Waals surface area contributed by atoms with Gasteiger partial charge >= 0.3 is 0 Å². The molecule has 1 aromatic carbocycles. The zero-order valence-electron chi connectivity index (χ0n) is 6.70. The average Bonchev–Trinajstić information content (AvgIpc) is 1.99. The van der Waals surface area contributed by atoms with Gasteiger partial charge < -0.3 is 0 Å². The van der Waals surface area contributed by atoms with E-state index in [1.165, 1.54) is 0 Å². The van der Waals surface area contributed by atoms with Crippen LogP contribution in [0.5, 0.6) is 0 Å². The maximum Gasteiger partial charge on any atom is 0.0649 e. The molecule has 0 N–H and O–H groups in total. The number of hydrogen-bond donors (Lipinski definition) is 0. The molecule has 0 fully saturated rings. The smallest absolute Gasteiger partial charge is 0.0649 e. The predicted octanol–water partition coefficient (Wildman–Crippen LogP) is 3.39. The van der Waals surface area contributed by atoms with E-state index in [2.05, 4.69) is 27.8 Å². The summed E-state index contributed by atoms with van der Waals surface area (Å²) in [7, 11) is 0. The van der Waals surface area contributed by atoms with Crippen LogP contribution in [0.25, 0.3) is 0 Å². The third kappa shape index (κ3) is 2.89. The summed E-state index contributed by atoms with van der Waals surface area (Å²) in [5, 5.41) is 1.44. The lowest BCUT2D eigenvalue weighted by Crippen LogP contribution is -1.78. The van der Waals surface area contributed by atoms with Gasteiger partial charge in [0.25, 0.3) is 0 Å². The molecule has 0 spiro atoms. The fraction of sp³-hybridized carbons (Fsp3) is 0.200. The molecule has 12 heavy (non-hydrogen) atoms. The van der Waals surface area contributed by atoms with Gasteiger partial charge in [-0.2, -0.15) is 0 Å². The molecule has 2 heteroatoms. The maximum atomic E-state index is 5.85. The molecule has 0 saturated heterocycles. The molecule has 0 radical (unpaired) electrons. The highest BCUT2D eigenvalue weighted by Gasteiger charge is 1.92. The standard InChI is InChI=1S/C10H8BrCl/c1-8-5-9(3-2-4-11)7-10(12)6-8/h5-7H,4H2,1H3. The minimum Gasteiger partial charge on any atom is -0.0863 e. The molecule has 0 aliphatic rings. The lowest BCUT2D eigenvalue weighted by molar-refractivity contribution is 1.45. The van der Waals surface area contributed by atoms with Crippen LogP contribution in [0.2, 0.25) is 5.02 Å². The number of alkyl halides is 1. The Bertz CT molecular complexity index is 313. The third-order valence-electron chi connectivity index (χ3n) is 1.34. The molecule has 0 aliphatic heterocycles. The first kappa shape index (κ1) is 9.64. The Balaban J connectivity index is 3.01. The summed E-state index contributed by atoms with van der Waals surface area (Å²) >= 11 is 9.09. The van der Waals surface area contributed by atoms with Crippen molar-refractivity contribution in [3.05, 3.63) is 34.3 Å². The van der Waals surface area contributed by atoms with E-state index in [1.54, 1.807) is 0 Å². The molecule has 1 rings (SSSR count). The molecule has 0 aromatic heterocycles. The first-order chi connectivity index (χ1) is 5.72. The van der Waals surface area contributed by atoms with Crippen LogP contribution < -0.4 is 0 Å². The van der Waals surface area contributed by atoms with Gasteiger partial charge in [-0.05, 0) is 30.7 Å². The third-order valence-corrected chi connectivity index (χ3v) is 1.84. The molecule has 0 unspecified atom stereocenters. The average molecular weight is 244 g/mol. The van der Waals surface area contributed by atoms with E-state index in [9.17, 15) is 0 Å². The fourth-order valence-electron chi connectivity index (χ4n) is 0.944. The molecule has 0 aliphatic carbocycles. The minimum absolute atomic E-state index is 0.693. The van der Waals surface area contributed by atoms with Crippen molar-refractivity contribution in [3.8, 4) is 11.8 Å². The summed E-state index contributed by atoms with van der Waals surface area (Å²) in [5.41, 5.74) is 2.11. The van der Waals surface area contributed by atoms with E-state index in [1.807, 2.05) is 25.1 Å². The molecule has 0 nitrogen and oxygen atoms in total. The number of rotatable bonds is 0. The minimum atomic E-state index is 0.693. The predicted molar refractivity (Wildman–Crippen MR) is 56.9 cm³/mol. The SMILES string of the molecule is Cc1cc(Cl)cc(C#CCBr)c1. The number of hydrogen-bond acceptors (Lipinski definition) is 0. The molecular weight excluding hydrogens is 235 g/mol. The molecule has 1 aromatic rings. The molecule has 62 valence electrons. The molecule has 0 saturated carbocycles. The van der Waals surface area contributed by atoms with Crippen LogP contribution >= 0.6 is 27.5 Å². The summed E-state index contributed by atoms with van der Waals surface area (Å²) in [5.74, 6) is 5.92. The van der Waals surface area contributed by atoms with Crippen LogP contribution in [0.4, 0.5) is 0 Å². The summed E-state index contributed by atoms with van der Waals surface area (Å²) in [4.78, 5) is 0. The Morgan fingerprint density at radius 2 is 2.17 bits per heavy atom. The van der Waals surface area contributed by atoms with Gasteiger partial charge in [-0.3, -0.25) is 0 Å². The van der Waals surface area contributed by atoms with Crippen molar-refractivity contribution >= 4 is 27.5 Å². The molecular formula is C10H8BrCl. The Kier molecular flexibility index (Phi) is 3.65. The van der Waals surface area contributed by atoms with E-state index in [0.29, 0.717) is 5.33 Å². The summed E-state index contributed by atoms with van der Waals surface area (Å²) in [6.45, 7) is 2.01. The first-order valence-electron chi connectivity index (χ1n) is 3.54. The zero-order valence-corrected chi connectivity index (χ0v) is 9.04. The number of halogens is 2. The highest BCUT2D eigenvalue weighted by Crippen LogP contribution is 2.13. The number of aryl methyl sites for hydroxylation is 1. The fourth-order valence-corrected chi connectivity index (χ4v) is 1.37. The van der Waals surface area contributed by atoms with Gasteiger partial charge in [0.1, 0.15) is 0 Å². The van der Waals surface area contributed by atoms with Crippen molar-refractivity contribution in [2.45, 2.75) is 6.92 Å². The van der Waals surface area contributed by atoms with Crippen molar-refractivity contribution in [2.75, 3.05) is 5.33 Å². The first-order valence-corrected chi connectivity index (χ1v) is 5.04.